The summed E-state index contributed by atoms with van der Waals surface area (Å²) in [7, 11) is -3.00. The summed E-state index contributed by atoms with van der Waals surface area (Å²) in [4.78, 5) is 0. The zero-order valence-electron chi connectivity index (χ0n) is 7.83. The van der Waals surface area contributed by atoms with Crippen molar-refractivity contribution in [3.8, 4) is 0 Å². The molecule has 0 bridgehead atoms. The molecule has 0 spiro atoms. The van der Waals surface area contributed by atoms with Crippen molar-refractivity contribution in [2.75, 3.05) is 11.5 Å². The molecule has 0 aliphatic carbocycles. The molecule has 1 aromatic rings. The lowest BCUT2D eigenvalue weighted by Gasteiger charge is -2.03. The second-order valence-electron chi connectivity index (χ2n) is 3.03. The van der Waals surface area contributed by atoms with E-state index in [4.69, 9.17) is 17.3 Å². The molecule has 1 rings (SSSR count). The maximum absolute atomic E-state index is 11.3. The molecule has 0 heterocycles. The van der Waals surface area contributed by atoms with Gasteiger partial charge in [-0.05, 0) is 17.7 Å². The molecule has 0 amide bonds. The minimum Gasteiger partial charge on any atom is -0.398 e. The fourth-order valence-electron chi connectivity index (χ4n) is 1.02. The molecule has 78 valence electrons. The number of nitrogen functional groups attached to an aromatic ring is 1. The monoisotopic (exact) mass is 233 g/mol. The molecule has 0 aliphatic rings. The highest BCUT2D eigenvalue weighted by molar-refractivity contribution is 7.90. The quantitative estimate of drug-likeness (QED) is 0.811. The molecule has 2 N–H and O–H groups in total. The van der Waals surface area contributed by atoms with Gasteiger partial charge in [-0.15, -0.1) is 0 Å². The van der Waals surface area contributed by atoms with Gasteiger partial charge in [-0.2, -0.15) is 0 Å². The number of anilines is 1. The number of sulfone groups is 1. The lowest BCUT2D eigenvalue weighted by Crippen LogP contribution is -2.06. The van der Waals surface area contributed by atoms with Gasteiger partial charge in [-0.3, -0.25) is 0 Å². The number of benzene rings is 1. The first-order valence-corrected chi connectivity index (χ1v) is 6.39. The van der Waals surface area contributed by atoms with Crippen LogP contribution in [0.2, 0.25) is 5.02 Å². The summed E-state index contributed by atoms with van der Waals surface area (Å²) < 4.78 is 22.6. The number of nitrogens with two attached hydrogens (primary N) is 1. The fourth-order valence-corrected chi connectivity index (χ4v) is 2.11. The van der Waals surface area contributed by atoms with E-state index in [0.717, 1.165) is 0 Å². The molecule has 5 heteroatoms. The number of halogens is 1. The first-order chi connectivity index (χ1) is 6.44. The predicted octanol–water partition coefficient (Wildman–Crippen LogP) is 1.86. The highest BCUT2D eigenvalue weighted by Crippen LogP contribution is 2.20. The van der Waals surface area contributed by atoms with E-state index in [1.165, 1.54) is 0 Å². The van der Waals surface area contributed by atoms with Crippen LogP contribution in [0.1, 0.15) is 12.5 Å². The predicted molar refractivity (Wildman–Crippen MR) is 59.0 cm³/mol. The summed E-state index contributed by atoms with van der Waals surface area (Å²) in [5.74, 6) is 0.151. The van der Waals surface area contributed by atoms with Crippen molar-refractivity contribution in [2.24, 2.45) is 0 Å². The van der Waals surface area contributed by atoms with Gasteiger partial charge in [0, 0.05) is 5.75 Å². The second-order valence-corrected chi connectivity index (χ2v) is 5.79. The Morgan fingerprint density at radius 1 is 1.43 bits per heavy atom. The van der Waals surface area contributed by atoms with Crippen LogP contribution in [0.15, 0.2) is 18.2 Å². The second kappa shape index (κ2) is 4.19. The standard InChI is InChI=1S/C9H12ClNO2S/c1-2-14(12,13)6-7-3-4-9(11)8(10)5-7/h3-5H,2,6,11H2,1H3. The summed E-state index contributed by atoms with van der Waals surface area (Å²) in [5, 5.41) is 0.397. The van der Waals surface area contributed by atoms with E-state index >= 15 is 0 Å². The third kappa shape index (κ3) is 2.89. The maximum atomic E-state index is 11.3. The lowest BCUT2D eigenvalue weighted by atomic mass is 10.2. The summed E-state index contributed by atoms with van der Waals surface area (Å²) in [6.45, 7) is 1.62. The third-order valence-corrected chi connectivity index (χ3v) is 3.87. The van der Waals surface area contributed by atoms with E-state index in [1.807, 2.05) is 0 Å². The summed E-state index contributed by atoms with van der Waals surface area (Å²) in [5.41, 5.74) is 6.64. The van der Waals surface area contributed by atoms with Crippen LogP contribution in [0.3, 0.4) is 0 Å². The van der Waals surface area contributed by atoms with Gasteiger partial charge in [0.05, 0.1) is 16.5 Å². The molecule has 0 fully saturated rings. The lowest BCUT2D eigenvalue weighted by molar-refractivity contribution is 0.596. The van der Waals surface area contributed by atoms with Crippen LogP contribution in [0.4, 0.5) is 5.69 Å². The van der Waals surface area contributed by atoms with Crippen LogP contribution in [-0.2, 0) is 15.6 Å². The molecule has 0 unspecified atom stereocenters. The van der Waals surface area contributed by atoms with E-state index in [0.29, 0.717) is 16.3 Å². The first-order valence-electron chi connectivity index (χ1n) is 4.19. The van der Waals surface area contributed by atoms with Gasteiger partial charge in [0.15, 0.2) is 9.84 Å². The summed E-state index contributed by atoms with van der Waals surface area (Å²) >= 11 is 5.77. The maximum Gasteiger partial charge on any atom is 0.154 e. The molecule has 0 saturated carbocycles. The van der Waals surface area contributed by atoms with E-state index in [2.05, 4.69) is 0 Å². The van der Waals surface area contributed by atoms with Gasteiger partial charge in [0.1, 0.15) is 0 Å². The Labute approximate surface area is 88.8 Å². The molecular weight excluding hydrogens is 222 g/mol. The van der Waals surface area contributed by atoms with Crippen molar-refractivity contribution >= 4 is 27.1 Å². The molecule has 0 radical (unpaired) electrons. The zero-order valence-corrected chi connectivity index (χ0v) is 9.40. The molecule has 0 atom stereocenters. The van der Waals surface area contributed by atoms with Crippen LogP contribution >= 0.6 is 11.6 Å². The Kier molecular flexibility index (Phi) is 3.39. The fraction of sp³-hybridized carbons (Fsp3) is 0.333. The molecule has 0 aromatic heterocycles. The van der Waals surface area contributed by atoms with Crippen molar-refractivity contribution < 1.29 is 8.42 Å². The minimum absolute atomic E-state index is 0.0174. The van der Waals surface area contributed by atoms with Crippen LogP contribution in [0.5, 0.6) is 0 Å². The minimum atomic E-state index is -3.00. The van der Waals surface area contributed by atoms with Crippen LogP contribution in [0, 0.1) is 0 Å². The first kappa shape index (κ1) is 11.3. The van der Waals surface area contributed by atoms with E-state index in [1.54, 1.807) is 25.1 Å². The number of hydrogen-bond acceptors (Lipinski definition) is 3. The summed E-state index contributed by atoms with van der Waals surface area (Å²) in [6, 6.07) is 4.88. The van der Waals surface area contributed by atoms with Crippen molar-refractivity contribution in [1.29, 1.82) is 0 Å². The molecule has 0 saturated heterocycles. The van der Waals surface area contributed by atoms with Gasteiger partial charge in [0.2, 0.25) is 0 Å². The van der Waals surface area contributed by atoms with Gasteiger partial charge >= 0.3 is 0 Å². The van der Waals surface area contributed by atoms with Crippen molar-refractivity contribution in [2.45, 2.75) is 12.7 Å². The Balaban J connectivity index is 2.94. The van der Waals surface area contributed by atoms with Crippen LogP contribution in [0.25, 0.3) is 0 Å². The van der Waals surface area contributed by atoms with Crippen molar-refractivity contribution in [3.05, 3.63) is 28.8 Å². The van der Waals surface area contributed by atoms with Crippen LogP contribution in [-0.4, -0.2) is 14.2 Å². The third-order valence-electron chi connectivity index (χ3n) is 1.89. The van der Waals surface area contributed by atoms with Crippen molar-refractivity contribution in [1.82, 2.24) is 0 Å². The Bertz CT molecular complexity index is 428. The van der Waals surface area contributed by atoms with Gasteiger partial charge in [-0.25, -0.2) is 8.42 Å². The number of hydrogen-bond donors (Lipinski definition) is 1. The van der Waals surface area contributed by atoms with E-state index in [-0.39, 0.29) is 11.5 Å². The Morgan fingerprint density at radius 3 is 2.57 bits per heavy atom. The van der Waals surface area contributed by atoms with Gasteiger partial charge in [0.25, 0.3) is 0 Å². The smallest absolute Gasteiger partial charge is 0.154 e. The molecule has 3 nitrogen and oxygen atoms in total. The molecule has 1 aromatic carbocycles. The largest absolute Gasteiger partial charge is 0.398 e. The average Bonchev–Trinajstić information content (AvgIpc) is 2.11. The Hall–Kier alpha value is -0.740. The Morgan fingerprint density at radius 2 is 2.07 bits per heavy atom. The van der Waals surface area contributed by atoms with Gasteiger partial charge in [-0.1, -0.05) is 24.6 Å². The van der Waals surface area contributed by atoms with Crippen LogP contribution < -0.4 is 5.73 Å². The SMILES string of the molecule is CCS(=O)(=O)Cc1ccc(N)c(Cl)c1. The highest BCUT2D eigenvalue weighted by Gasteiger charge is 2.09. The molecular formula is C9H12ClNO2S. The van der Waals surface area contributed by atoms with E-state index in [9.17, 15) is 8.42 Å². The number of rotatable bonds is 3. The zero-order chi connectivity index (χ0) is 10.8. The summed E-state index contributed by atoms with van der Waals surface area (Å²) in [6.07, 6.45) is 0. The van der Waals surface area contributed by atoms with Gasteiger partial charge < -0.3 is 5.73 Å². The molecule has 0 aliphatic heterocycles. The highest BCUT2D eigenvalue weighted by atomic mass is 35.5. The molecule has 14 heavy (non-hydrogen) atoms. The van der Waals surface area contributed by atoms with Crippen molar-refractivity contribution in [3.63, 3.8) is 0 Å². The average molecular weight is 234 g/mol. The van der Waals surface area contributed by atoms with E-state index < -0.39 is 9.84 Å². The topological polar surface area (TPSA) is 60.2 Å². The normalized spacial score (nSPS) is 11.6.